The molecular formula is C19H25N3O2. The van der Waals surface area contributed by atoms with Crippen molar-refractivity contribution in [2.75, 3.05) is 31.7 Å². The highest BCUT2D eigenvalue weighted by molar-refractivity contribution is 5.90. The minimum atomic E-state index is 0.483. The molecular weight excluding hydrogens is 302 g/mol. The van der Waals surface area contributed by atoms with Crippen LogP contribution >= 0.6 is 0 Å². The number of aryl methyl sites for hydroxylation is 1. The Balaban J connectivity index is 1.59. The standard InChI is InChI=1S/C19H25N3O2/c1-13-20-17-6-5-15(23-2)12-16(17)19(21-13)22-9-7-14(8-10-22)18-4-3-11-24-18/h5-6,12,14,18H,3-4,7-11H2,1-2H3. The normalized spacial score (nSPS) is 22.2. The molecule has 5 heteroatoms. The van der Waals surface area contributed by atoms with Gasteiger partial charge in [0, 0.05) is 25.1 Å². The van der Waals surface area contributed by atoms with Gasteiger partial charge in [0.2, 0.25) is 0 Å². The highest BCUT2D eigenvalue weighted by Gasteiger charge is 2.30. The van der Waals surface area contributed by atoms with Gasteiger partial charge in [0.05, 0.1) is 18.7 Å². The first kappa shape index (κ1) is 15.6. The number of rotatable bonds is 3. The highest BCUT2D eigenvalue weighted by Crippen LogP contribution is 2.33. The molecule has 1 atom stereocenters. The first-order chi connectivity index (χ1) is 11.7. The largest absolute Gasteiger partial charge is 0.497 e. The Labute approximate surface area is 143 Å². The van der Waals surface area contributed by atoms with Crippen LogP contribution in [0.1, 0.15) is 31.5 Å². The van der Waals surface area contributed by atoms with Crippen LogP contribution in [0, 0.1) is 12.8 Å². The lowest BCUT2D eigenvalue weighted by molar-refractivity contribution is 0.0531. The maximum absolute atomic E-state index is 5.89. The van der Waals surface area contributed by atoms with Crippen LogP contribution in [0.3, 0.4) is 0 Å². The minimum Gasteiger partial charge on any atom is -0.497 e. The van der Waals surface area contributed by atoms with Gasteiger partial charge in [-0.3, -0.25) is 0 Å². The van der Waals surface area contributed by atoms with Gasteiger partial charge in [-0.25, -0.2) is 9.97 Å². The van der Waals surface area contributed by atoms with Crippen molar-refractivity contribution in [3.8, 4) is 5.75 Å². The Bertz CT molecular complexity index is 720. The number of ether oxygens (including phenoxy) is 2. The Hall–Kier alpha value is -1.88. The molecule has 1 aromatic heterocycles. The van der Waals surface area contributed by atoms with Gasteiger partial charge in [-0.2, -0.15) is 0 Å². The molecule has 2 aromatic rings. The summed E-state index contributed by atoms with van der Waals surface area (Å²) in [7, 11) is 1.70. The summed E-state index contributed by atoms with van der Waals surface area (Å²) in [5, 5.41) is 1.08. The average Bonchev–Trinajstić information content (AvgIpc) is 3.15. The van der Waals surface area contributed by atoms with Crippen molar-refractivity contribution in [2.45, 2.75) is 38.7 Å². The first-order valence-corrected chi connectivity index (χ1v) is 8.93. The third-order valence-corrected chi connectivity index (χ3v) is 5.32. The van der Waals surface area contributed by atoms with E-state index >= 15 is 0 Å². The zero-order valence-corrected chi connectivity index (χ0v) is 14.5. The van der Waals surface area contributed by atoms with Gasteiger partial charge in [0.25, 0.3) is 0 Å². The Morgan fingerprint density at radius 3 is 2.71 bits per heavy atom. The van der Waals surface area contributed by atoms with Crippen LogP contribution in [-0.4, -0.2) is 42.9 Å². The SMILES string of the molecule is COc1ccc2nc(C)nc(N3CCC(C4CCCO4)CC3)c2c1. The fraction of sp³-hybridized carbons (Fsp3) is 0.579. The molecule has 2 saturated heterocycles. The Kier molecular flexibility index (Phi) is 4.27. The lowest BCUT2D eigenvalue weighted by Gasteiger charge is -2.35. The number of methoxy groups -OCH3 is 1. The van der Waals surface area contributed by atoms with Crippen molar-refractivity contribution in [1.29, 1.82) is 0 Å². The van der Waals surface area contributed by atoms with E-state index in [1.54, 1.807) is 7.11 Å². The number of benzene rings is 1. The second-order valence-corrected chi connectivity index (χ2v) is 6.85. The van der Waals surface area contributed by atoms with Crippen molar-refractivity contribution in [1.82, 2.24) is 9.97 Å². The van der Waals surface area contributed by atoms with E-state index in [1.807, 2.05) is 19.1 Å². The number of hydrogen-bond acceptors (Lipinski definition) is 5. The second kappa shape index (κ2) is 6.55. The summed E-state index contributed by atoms with van der Waals surface area (Å²) in [6, 6.07) is 6.03. The van der Waals surface area contributed by atoms with E-state index in [0.29, 0.717) is 12.0 Å². The van der Waals surface area contributed by atoms with Gasteiger partial charge < -0.3 is 14.4 Å². The Morgan fingerprint density at radius 2 is 2.00 bits per heavy atom. The molecule has 1 unspecified atom stereocenters. The lowest BCUT2D eigenvalue weighted by Crippen LogP contribution is -2.38. The van der Waals surface area contributed by atoms with E-state index in [2.05, 4.69) is 16.0 Å². The molecule has 24 heavy (non-hydrogen) atoms. The molecule has 2 aliphatic heterocycles. The molecule has 2 aliphatic rings. The van der Waals surface area contributed by atoms with Crippen molar-refractivity contribution >= 4 is 16.7 Å². The second-order valence-electron chi connectivity index (χ2n) is 6.85. The summed E-state index contributed by atoms with van der Waals surface area (Å²) in [5.74, 6) is 3.42. The van der Waals surface area contributed by atoms with Crippen molar-refractivity contribution < 1.29 is 9.47 Å². The van der Waals surface area contributed by atoms with Gasteiger partial charge in [0.1, 0.15) is 17.4 Å². The van der Waals surface area contributed by atoms with Crippen molar-refractivity contribution in [3.63, 3.8) is 0 Å². The zero-order valence-electron chi connectivity index (χ0n) is 14.5. The smallest absolute Gasteiger partial charge is 0.140 e. The number of fused-ring (bicyclic) bond motifs is 1. The van der Waals surface area contributed by atoms with Crippen molar-refractivity contribution in [3.05, 3.63) is 24.0 Å². The van der Waals surface area contributed by atoms with E-state index in [-0.39, 0.29) is 0 Å². The topological polar surface area (TPSA) is 47.5 Å². The number of piperidine rings is 1. The molecule has 0 bridgehead atoms. The van der Waals surface area contributed by atoms with Crippen molar-refractivity contribution in [2.24, 2.45) is 5.92 Å². The fourth-order valence-corrected chi connectivity index (χ4v) is 4.03. The lowest BCUT2D eigenvalue weighted by atomic mass is 9.90. The zero-order chi connectivity index (χ0) is 16.5. The third kappa shape index (κ3) is 2.93. The van der Waals surface area contributed by atoms with E-state index in [1.165, 1.54) is 25.7 Å². The molecule has 0 radical (unpaired) electrons. The molecule has 0 saturated carbocycles. The Morgan fingerprint density at radius 1 is 1.17 bits per heavy atom. The average molecular weight is 327 g/mol. The number of nitrogens with zero attached hydrogens (tertiary/aromatic N) is 3. The van der Waals surface area contributed by atoms with Crippen LogP contribution in [0.2, 0.25) is 0 Å². The summed E-state index contributed by atoms with van der Waals surface area (Å²) >= 11 is 0. The molecule has 1 aromatic carbocycles. The van der Waals surface area contributed by atoms with Crippen LogP contribution < -0.4 is 9.64 Å². The minimum absolute atomic E-state index is 0.483. The van der Waals surface area contributed by atoms with Crippen LogP contribution in [0.25, 0.3) is 10.9 Å². The molecule has 0 amide bonds. The summed E-state index contributed by atoms with van der Waals surface area (Å²) in [5.41, 5.74) is 0.986. The first-order valence-electron chi connectivity index (χ1n) is 8.93. The monoisotopic (exact) mass is 327 g/mol. The number of hydrogen-bond donors (Lipinski definition) is 0. The van der Waals surface area contributed by atoms with Crippen LogP contribution in [0.15, 0.2) is 18.2 Å². The predicted octanol–water partition coefficient (Wildman–Crippen LogP) is 3.34. The summed E-state index contributed by atoms with van der Waals surface area (Å²) < 4.78 is 11.3. The fourth-order valence-electron chi connectivity index (χ4n) is 4.03. The van der Waals surface area contributed by atoms with Crippen LogP contribution in [-0.2, 0) is 4.74 Å². The van der Waals surface area contributed by atoms with Gasteiger partial charge in [-0.1, -0.05) is 0 Å². The van der Waals surface area contributed by atoms with E-state index in [4.69, 9.17) is 14.5 Å². The quantitative estimate of drug-likeness (QED) is 0.865. The summed E-state index contributed by atoms with van der Waals surface area (Å²) in [6.45, 7) is 4.98. The number of anilines is 1. The number of aromatic nitrogens is 2. The van der Waals surface area contributed by atoms with Crippen LogP contribution in [0.5, 0.6) is 5.75 Å². The van der Waals surface area contributed by atoms with Crippen LogP contribution in [0.4, 0.5) is 5.82 Å². The van der Waals surface area contributed by atoms with Gasteiger partial charge in [0.15, 0.2) is 0 Å². The van der Waals surface area contributed by atoms with Gasteiger partial charge in [-0.15, -0.1) is 0 Å². The molecule has 5 nitrogen and oxygen atoms in total. The molecule has 2 fully saturated rings. The molecule has 128 valence electrons. The molecule has 0 N–H and O–H groups in total. The third-order valence-electron chi connectivity index (χ3n) is 5.32. The van der Waals surface area contributed by atoms with Gasteiger partial charge >= 0.3 is 0 Å². The molecule has 3 heterocycles. The molecule has 0 spiro atoms. The van der Waals surface area contributed by atoms with Gasteiger partial charge in [-0.05, 0) is 56.7 Å². The highest BCUT2D eigenvalue weighted by atomic mass is 16.5. The maximum Gasteiger partial charge on any atom is 0.140 e. The van der Waals surface area contributed by atoms with E-state index < -0.39 is 0 Å². The predicted molar refractivity (Wildman–Crippen MR) is 94.7 cm³/mol. The van der Waals surface area contributed by atoms with E-state index in [0.717, 1.165) is 48.0 Å². The molecule has 4 rings (SSSR count). The van der Waals surface area contributed by atoms with E-state index in [9.17, 15) is 0 Å². The molecule has 0 aliphatic carbocycles. The summed E-state index contributed by atoms with van der Waals surface area (Å²) in [6.07, 6.45) is 5.30. The summed E-state index contributed by atoms with van der Waals surface area (Å²) in [4.78, 5) is 11.7. The maximum atomic E-state index is 5.89.